The highest BCUT2D eigenvalue weighted by Crippen LogP contribution is 2.43. The fourth-order valence-corrected chi connectivity index (χ4v) is 7.55. The minimum Gasteiger partial charge on any atom is -0.341 e. The largest absolute Gasteiger partial charge is 0.341 e. The first-order chi connectivity index (χ1) is 20.1. The maximum atomic E-state index is 14.0. The van der Waals surface area contributed by atoms with Crippen molar-refractivity contribution >= 4 is 54.5 Å². The number of non-ortho nitro benzene ring substituents is 1. The summed E-state index contributed by atoms with van der Waals surface area (Å²) in [6.07, 6.45) is 1.16. The van der Waals surface area contributed by atoms with E-state index in [4.69, 9.17) is 0 Å². The molecule has 43 heavy (non-hydrogen) atoms. The summed E-state index contributed by atoms with van der Waals surface area (Å²) in [6.45, 7) is 5.83. The standard InChI is InChI=1S/C29H28N4O8S2/c1-17(2)14-15-29(3)22-7-5-4-6-21(22)26(34)25(27(29)35)28-30-23-13-8-18(16-24(23)43(40,41)32-28)31-42(38,39)20-11-9-19(10-12-20)33(36)37/h4-13,16-17,25,31H,14-15H2,1-3H3,(H,30,32). The molecule has 2 N–H and O–H groups in total. The lowest BCUT2D eigenvalue weighted by atomic mass is 9.63. The van der Waals surface area contributed by atoms with E-state index in [2.05, 4.69) is 14.4 Å². The molecule has 0 saturated carbocycles. The molecule has 0 bridgehead atoms. The third kappa shape index (κ3) is 5.43. The molecule has 0 amide bonds. The molecule has 3 aromatic rings. The van der Waals surface area contributed by atoms with Gasteiger partial charge in [-0.1, -0.05) is 38.1 Å². The van der Waals surface area contributed by atoms with Crippen LogP contribution in [0.5, 0.6) is 0 Å². The normalized spacial score (nSPS) is 20.9. The van der Waals surface area contributed by atoms with Crippen LogP contribution >= 0.6 is 0 Å². The topological polar surface area (TPSA) is 182 Å². The average Bonchev–Trinajstić information content (AvgIpc) is 2.95. The van der Waals surface area contributed by atoms with Crippen LogP contribution in [0.3, 0.4) is 0 Å². The minimum absolute atomic E-state index is 0.0200. The first kappa shape index (κ1) is 30.0. The second-order valence-corrected chi connectivity index (χ2v) is 14.4. The molecule has 1 aliphatic heterocycles. The van der Waals surface area contributed by atoms with Gasteiger partial charge >= 0.3 is 0 Å². The number of rotatable bonds is 8. The number of Topliss-reactive ketones (excluding diaryl/α,β-unsaturated/α-hetero) is 2. The highest BCUT2D eigenvalue weighted by molar-refractivity contribution is 7.92. The molecule has 224 valence electrons. The summed E-state index contributed by atoms with van der Waals surface area (Å²) < 4.78 is 58.5. The Morgan fingerprint density at radius 1 is 1.07 bits per heavy atom. The molecule has 5 rings (SSSR count). The first-order valence-corrected chi connectivity index (χ1v) is 16.3. The van der Waals surface area contributed by atoms with E-state index >= 15 is 0 Å². The van der Waals surface area contributed by atoms with E-state index in [-0.39, 0.29) is 38.6 Å². The van der Waals surface area contributed by atoms with E-state index in [1.165, 1.54) is 12.1 Å². The van der Waals surface area contributed by atoms with Gasteiger partial charge in [0.25, 0.3) is 25.7 Å². The number of nitrogens with zero attached hydrogens (tertiary/aromatic N) is 2. The summed E-state index contributed by atoms with van der Waals surface area (Å²) in [7, 11) is -8.70. The summed E-state index contributed by atoms with van der Waals surface area (Å²) in [4.78, 5) is 37.2. The Hall–Kier alpha value is -4.43. The number of sulfonamides is 2. The van der Waals surface area contributed by atoms with Crippen LogP contribution < -0.4 is 10.0 Å². The minimum atomic E-state index is -4.47. The van der Waals surface area contributed by atoms with Crippen LogP contribution in [0.25, 0.3) is 0 Å². The number of carbonyl (C=O) groups excluding carboxylic acids is 2. The average molecular weight is 625 g/mol. The molecule has 1 heterocycles. The van der Waals surface area contributed by atoms with Gasteiger partial charge in [-0.15, -0.1) is 4.40 Å². The Morgan fingerprint density at radius 2 is 1.74 bits per heavy atom. The number of anilines is 2. The van der Waals surface area contributed by atoms with E-state index in [9.17, 15) is 36.5 Å². The Kier molecular flexibility index (Phi) is 7.47. The maximum absolute atomic E-state index is 14.0. The van der Waals surface area contributed by atoms with Crippen molar-refractivity contribution in [2.45, 2.75) is 48.8 Å². The van der Waals surface area contributed by atoms with Crippen molar-refractivity contribution in [3.63, 3.8) is 0 Å². The quantitative estimate of drug-likeness (QED) is 0.204. The van der Waals surface area contributed by atoms with Gasteiger partial charge in [0.1, 0.15) is 16.6 Å². The SMILES string of the molecule is CC(C)CCC1(C)C(=O)C(C2=NS(=O)(=O)c3cc(NS(=O)(=O)c4ccc([N+](=O)[O-])cc4)ccc3N2)C(=O)c2ccccc21. The Balaban J connectivity index is 1.48. The van der Waals surface area contributed by atoms with Gasteiger partial charge in [-0.25, -0.2) is 8.42 Å². The molecule has 0 aromatic heterocycles. The molecule has 1 aliphatic carbocycles. The number of nitrogens with one attached hydrogen (secondary N) is 2. The number of nitro groups is 1. The highest BCUT2D eigenvalue weighted by atomic mass is 32.2. The Labute approximate surface area is 248 Å². The van der Waals surface area contributed by atoms with E-state index in [1.54, 1.807) is 31.2 Å². The van der Waals surface area contributed by atoms with Crippen LogP contribution in [0, 0.1) is 22.0 Å². The summed E-state index contributed by atoms with van der Waals surface area (Å²) in [5.41, 5.74) is -0.494. The lowest BCUT2D eigenvalue weighted by Gasteiger charge is -2.39. The molecule has 2 unspecified atom stereocenters. The number of nitro benzene ring substituents is 1. The van der Waals surface area contributed by atoms with Gasteiger partial charge in [-0.2, -0.15) is 8.42 Å². The number of hydrogen-bond donors (Lipinski definition) is 2. The van der Waals surface area contributed by atoms with Crippen LogP contribution in [0.4, 0.5) is 17.1 Å². The van der Waals surface area contributed by atoms with E-state index < -0.39 is 47.9 Å². The third-order valence-electron chi connectivity index (χ3n) is 7.70. The molecular weight excluding hydrogens is 596 g/mol. The van der Waals surface area contributed by atoms with Gasteiger partial charge in [0.2, 0.25) is 0 Å². The predicted octanol–water partition coefficient (Wildman–Crippen LogP) is 4.68. The van der Waals surface area contributed by atoms with Crippen molar-refractivity contribution in [2.75, 3.05) is 10.0 Å². The summed E-state index contributed by atoms with van der Waals surface area (Å²) >= 11 is 0. The molecular formula is C29H28N4O8S2. The Bertz CT molecular complexity index is 1920. The van der Waals surface area contributed by atoms with Gasteiger partial charge in [0, 0.05) is 17.7 Å². The second kappa shape index (κ2) is 10.7. The van der Waals surface area contributed by atoms with Gasteiger partial charge in [0.15, 0.2) is 11.6 Å². The van der Waals surface area contributed by atoms with E-state index in [0.29, 0.717) is 24.0 Å². The molecule has 3 aromatic carbocycles. The smallest absolute Gasteiger partial charge is 0.286 e. The number of carbonyl (C=O) groups is 2. The van der Waals surface area contributed by atoms with Crippen molar-refractivity contribution in [3.8, 4) is 0 Å². The van der Waals surface area contributed by atoms with Crippen molar-refractivity contribution < 1.29 is 31.3 Å². The van der Waals surface area contributed by atoms with Crippen molar-refractivity contribution in [3.05, 3.63) is 88.0 Å². The summed E-state index contributed by atoms with van der Waals surface area (Å²) in [6, 6.07) is 14.7. The third-order valence-corrected chi connectivity index (χ3v) is 10.4. The van der Waals surface area contributed by atoms with Gasteiger partial charge in [-0.3, -0.25) is 24.4 Å². The number of hydrogen-bond acceptors (Lipinski definition) is 9. The van der Waals surface area contributed by atoms with Crippen LogP contribution in [-0.2, 0) is 30.3 Å². The fourth-order valence-electron chi connectivity index (χ4n) is 5.32. The zero-order chi connectivity index (χ0) is 31.3. The van der Waals surface area contributed by atoms with Gasteiger partial charge in [0.05, 0.1) is 26.6 Å². The molecule has 12 nitrogen and oxygen atoms in total. The highest BCUT2D eigenvalue weighted by Gasteiger charge is 2.51. The van der Waals surface area contributed by atoms with Crippen LogP contribution in [0.15, 0.2) is 80.9 Å². The summed E-state index contributed by atoms with van der Waals surface area (Å²) in [5.74, 6) is -2.51. The van der Waals surface area contributed by atoms with E-state index in [0.717, 1.165) is 30.3 Å². The molecule has 0 radical (unpaired) electrons. The predicted molar refractivity (Wildman–Crippen MR) is 159 cm³/mol. The van der Waals surface area contributed by atoms with Crippen molar-refractivity contribution in [1.82, 2.24) is 0 Å². The van der Waals surface area contributed by atoms with Crippen molar-refractivity contribution in [2.24, 2.45) is 16.2 Å². The first-order valence-electron chi connectivity index (χ1n) is 13.4. The maximum Gasteiger partial charge on any atom is 0.286 e. The van der Waals surface area contributed by atoms with Crippen LogP contribution in [0.1, 0.15) is 49.5 Å². The lowest BCUT2D eigenvalue weighted by molar-refractivity contribution is -0.384. The molecule has 0 saturated heterocycles. The van der Waals surface area contributed by atoms with Crippen LogP contribution in [-0.4, -0.2) is 39.2 Å². The molecule has 2 atom stereocenters. The molecule has 14 heteroatoms. The number of benzene rings is 3. The number of fused-ring (bicyclic) bond motifs is 2. The second-order valence-electron chi connectivity index (χ2n) is 11.1. The van der Waals surface area contributed by atoms with Crippen molar-refractivity contribution in [1.29, 1.82) is 0 Å². The Morgan fingerprint density at radius 3 is 2.40 bits per heavy atom. The summed E-state index contributed by atoms with van der Waals surface area (Å²) in [5, 5.41) is 13.7. The molecule has 0 fully saturated rings. The monoisotopic (exact) mass is 624 g/mol. The number of ketones is 2. The fraction of sp³-hybridized carbons (Fsp3) is 0.276. The van der Waals surface area contributed by atoms with Gasteiger partial charge in [-0.05, 0) is 61.6 Å². The van der Waals surface area contributed by atoms with E-state index in [1.807, 2.05) is 13.8 Å². The number of amidine groups is 1. The molecule has 0 spiro atoms. The molecule has 2 aliphatic rings. The zero-order valence-electron chi connectivity index (χ0n) is 23.4. The van der Waals surface area contributed by atoms with Gasteiger partial charge < -0.3 is 5.32 Å². The van der Waals surface area contributed by atoms with Crippen LogP contribution in [0.2, 0.25) is 0 Å². The lowest BCUT2D eigenvalue weighted by Crippen LogP contribution is -2.51. The zero-order valence-corrected chi connectivity index (χ0v) is 25.0.